The van der Waals surface area contributed by atoms with Gasteiger partial charge in [-0.1, -0.05) is 31.5 Å². The van der Waals surface area contributed by atoms with E-state index >= 15 is 0 Å². The molecule has 122 valence electrons. The summed E-state index contributed by atoms with van der Waals surface area (Å²) in [7, 11) is 0. The third kappa shape index (κ3) is 3.90. The summed E-state index contributed by atoms with van der Waals surface area (Å²) in [6.45, 7) is 6.06. The number of halogens is 1. The molecule has 0 aliphatic heterocycles. The number of carbonyl (C=O) groups is 1. The number of guanidine groups is 1. The average Bonchev–Trinajstić information content (AvgIpc) is 2.49. The van der Waals surface area contributed by atoms with Gasteiger partial charge in [-0.05, 0) is 25.0 Å². The first kappa shape index (κ1) is 17.0. The summed E-state index contributed by atoms with van der Waals surface area (Å²) in [5.41, 5.74) is 11.4. The van der Waals surface area contributed by atoms with Gasteiger partial charge >= 0.3 is 0 Å². The molecule has 1 atom stereocenters. The van der Waals surface area contributed by atoms with Gasteiger partial charge in [-0.25, -0.2) is 4.98 Å². The number of hydrogen-bond donors (Lipinski definition) is 3. The molecule has 1 amide bonds. The smallest absolute Gasteiger partial charge is 0.251 e. The van der Waals surface area contributed by atoms with E-state index in [-0.39, 0.29) is 17.9 Å². The molecule has 0 spiro atoms. The summed E-state index contributed by atoms with van der Waals surface area (Å²) >= 11 is 6.15. The lowest BCUT2D eigenvalue weighted by Gasteiger charge is -2.17. The van der Waals surface area contributed by atoms with E-state index in [1.165, 1.54) is 6.20 Å². The second kappa shape index (κ2) is 6.83. The summed E-state index contributed by atoms with van der Waals surface area (Å²) in [5, 5.41) is 4.78. The quantitative estimate of drug-likeness (QED) is 0.590. The third-order valence-electron chi connectivity index (χ3n) is 3.67. The zero-order valence-corrected chi connectivity index (χ0v) is 14.1. The van der Waals surface area contributed by atoms with Gasteiger partial charge in [-0.3, -0.25) is 4.79 Å². The molecule has 0 saturated heterocycles. The van der Waals surface area contributed by atoms with Crippen LogP contribution >= 0.6 is 11.6 Å². The lowest BCUT2D eigenvalue weighted by molar-refractivity contribution is 0.0930. The van der Waals surface area contributed by atoms with Crippen molar-refractivity contribution in [2.45, 2.75) is 26.8 Å². The number of fused-ring (bicyclic) bond motifs is 1. The van der Waals surface area contributed by atoms with E-state index in [0.29, 0.717) is 27.7 Å². The number of nitrogens with zero attached hydrogens (tertiary/aromatic N) is 2. The van der Waals surface area contributed by atoms with Crippen molar-refractivity contribution in [1.82, 2.24) is 10.3 Å². The Bertz CT molecular complexity index is 768. The van der Waals surface area contributed by atoms with Gasteiger partial charge in [0.25, 0.3) is 5.91 Å². The van der Waals surface area contributed by atoms with Crippen molar-refractivity contribution in [3.05, 3.63) is 35.0 Å². The minimum absolute atomic E-state index is 0.0628. The fraction of sp³-hybridized carbons (Fsp3) is 0.312. The summed E-state index contributed by atoms with van der Waals surface area (Å²) in [6, 6.07) is 5.24. The topological polar surface area (TPSA) is 106 Å². The van der Waals surface area contributed by atoms with Gasteiger partial charge in [0.15, 0.2) is 11.8 Å². The van der Waals surface area contributed by atoms with Crippen LogP contribution in [-0.4, -0.2) is 22.9 Å². The number of pyridine rings is 1. The maximum Gasteiger partial charge on any atom is 0.251 e. The highest BCUT2D eigenvalue weighted by atomic mass is 35.5. The molecule has 1 aromatic carbocycles. The van der Waals surface area contributed by atoms with Crippen molar-refractivity contribution in [3.8, 4) is 0 Å². The Labute approximate surface area is 139 Å². The van der Waals surface area contributed by atoms with Gasteiger partial charge in [0, 0.05) is 28.6 Å². The Balaban J connectivity index is 2.48. The van der Waals surface area contributed by atoms with E-state index in [0.717, 1.165) is 5.39 Å². The molecule has 0 radical (unpaired) electrons. The fourth-order valence-electron chi connectivity index (χ4n) is 2.00. The molecule has 2 rings (SSSR count). The van der Waals surface area contributed by atoms with Crippen LogP contribution in [-0.2, 0) is 0 Å². The summed E-state index contributed by atoms with van der Waals surface area (Å²) in [5.74, 6) is 0.400. The van der Waals surface area contributed by atoms with Crippen LogP contribution in [0.15, 0.2) is 29.4 Å². The third-order valence-corrected chi connectivity index (χ3v) is 3.98. The Morgan fingerprint density at radius 2 is 1.96 bits per heavy atom. The number of aromatic nitrogens is 1. The van der Waals surface area contributed by atoms with Crippen molar-refractivity contribution < 1.29 is 4.79 Å². The molecule has 0 saturated carbocycles. The first-order chi connectivity index (χ1) is 10.8. The maximum atomic E-state index is 12.4. The van der Waals surface area contributed by atoms with Crippen LogP contribution < -0.4 is 16.8 Å². The average molecular weight is 334 g/mol. The van der Waals surface area contributed by atoms with Crippen molar-refractivity contribution in [1.29, 1.82) is 0 Å². The number of nitrogens with two attached hydrogens (primary N) is 2. The minimum Gasteiger partial charge on any atom is -0.370 e. The number of hydrogen-bond acceptors (Lipinski definition) is 3. The monoisotopic (exact) mass is 333 g/mol. The van der Waals surface area contributed by atoms with E-state index in [4.69, 9.17) is 23.1 Å². The molecule has 0 aliphatic carbocycles. The number of aliphatic imine (C=N–C) groups is 1. The predicted molar refractivity (Wildman–Crippen MR) is 94.0 cm³/mol. The fourth-order valence-corrected chi connectivity index (χ4v) is 2.22. The van der Waals surface area contributed by atoms with Crippen molar-refractivity contribution in [3.63, 3.8) is 0 Å². The van der Waals surface area contributed by atoms with Crippen LogP contribution in [0.2, 0.25) is 5.02 Å². The van der Waals surface area contributed by atoms with Crippen LogP contribution in [0, 0.1) is 5.92 Å². The van der Waals surface area contributed by atoms with E-state index in [1.807, 2.05) is 20.8 Å². The van der Waals surface area contributed by atoms with Crippen LogP contribution in [0.3, 0.4) is 0 Å². The van der Waals surface area contributed by atoms with Gasteiger partial charge < -0.3 is 16.8 Å². The standard InChI is InChI=1S/C16H20ClN5O/c1-8(2)9(3)21-15(23)10-4-5-11-12(6-10)14(22-16(18)19)20-7-13(11)17/h4-9H,1-3H3,(H,21,23)(H4,18,19,20,22). The first-order valence-electron chi connectivity index (χ1n) is 7.28. The Kier molecular flexibility index (Phi) is 5.05. The summed E-state index contributed by atoms with van der Waals surface area (Å²) in [6.07, 6.45) is 1.48. The van der Waals surface area contributed by atoms with Gasteiger partial charge in [-0.2, -0.15) is 4.99 Å². The number of benzene rings is 1. The molecule has 0 fully saturated rings. The molecule has 2 aromatic rings. The van der Waals surface area contributed by atoms with E-state index < -0.39 is 0 Å². The highest BCUT2D eigenvalue weighted by Gasteiger charge is 2.14. The highest BCUT2D eigenvalue weighted by molar-refractivity contribution is 6.35. The highest BCUT2D eigenvalue weighted by Crippen LogP contribution is 2.30. The zero-order valence-electron chi connectivity index (χ0n) is 13.3. The minimum atomic E-state index is -0.163. The molecule has 5 N–H and O–H groups in total. The van der Waals surface area contributed by atoms with Crippen LogP contribution in [0.1, 0.15) is 31.1 Å². The number of rotatable bonds is 4. The van der Waals surface area contributed by atoms with Gasteiger partial charge in [0.2, 0.25) is 0 Å². The number of nitrogens with one attached hydrogen (secondary N) is 1. The molecule has 1 heterocycles. The normalized spacial score (nSPS) is 12.2. The van der Waals surface area contributed by atoms with E-state index in [9.17, 15) is 4.79 Å². The molecule has 0 bridgehead atoms. The Morgan fingerprint density at radius 3 is 2.57 bits per heavy atom. The van der Waals surface area contributed by atoms with Gasteiger partial charge in [0.05, 0.1) is 5.02 Å². The second-order valence-electron chi connectivity index (χ2n) is 5.73. The molecular weight excluding hydrogens is 314 g/mol. The summed E-state index contributed by atoms with van der Waals surface area (Å²) in [4.78, 5) is 20.5. The SMILES string of the molecule is CC(C)C(C)NC(=O)c1ccc2c(Cl)cnc(N=C(N)N)c2c1. The number of carbonyl (C=O) groups excluding carboxylic acids is 1. The maximum absolute atomic E-state index is 12.4. The van der Waals surface area contributed by atoms with Crippen molar-refractivity contribution in [2.24, 2.45) is 22.4 Å². The molecule has 1 aromatic heterocycles. The lowest BCUT2D eigenvalue weighted by atomic mass is 10.0. The molecular formula is C16H20ClN5O. The zero-order chi connectivity index (χ0) is 17.1. The molecule has 7 heteroatoms. The molecule has 23 heavy (non-hydrogen) atoms. The largest absolute Gasteiger partial charge is 0.370 e. The Morgan fingerprint density at radius 1 is 1.26 bits per heavy atom. The van der Waals surface area contributed by atoms with E-state index in [1.54, 1.807) is 18.2 Å². The first-order valence-corrected chi connectivity index (χ1v) is 7.66. The molecule has 1 unspecified atom stereocenters. The van der Waals surface area contributed by atoms with Crippen molar-refractivity contribution >= 4 is 40.1 Å². The van der Waals surface area contributed by atoms with E-state index in [2.05, 4.69) is 15.3 Å². The molecule has 6 nitrogen and oxygen atoms in total. The number of amides is 1. The van der Waals surface area contributed by atoms with Crippen LogP contribution in [0.5, 0.6) is 0 Å². The van der Waals surface area contributed by atoms with Gasteiger partial charge in [-0.15, -0.1) is 0 Å². The molecule has 0 aliphatic rings. The van der Waals surface area contributed by atoms with Gasteiger partial charge in [0.1, 0.15) is 0 Å². The lowest BCUT2D eigenvalue weighted by Crippen LogP contribution is -2.36. The second-order valence-corrected chi connectivity index (χ2v) is 6.14. The van der Waals surface area contributed by atoms with Crippen LogP contribution in [0.4, 0.5) is 5.82 Å². The van der Waals surface area contributed by atoms with Crippen molar-refractivity contribution in [2.75, 3.05) is 0 Å². The summed E-state index contributed by atoms with van der Waals surface area (Å²) < 4.78 is 0. The van der Waals surface area contributed by atoms with Crippen LogP contribution in [0.25, 0.3) is 10.8 Å². The Hall–Kier alpha value is -2.34. The predicted octanol–water partition coefficient (Wildman–Crippen LogP) is 2.57.